The van der Waals surface area contributed by atoms with Crippen molar-refractivity contribution >= 4 is 23.7 Å². The van der Waals surface area contributed by atoms with Crippen LogP contribution in [0.5, 0.6) is 5.75 Å². The molecular weight excluding hydrogens is 264 g/mol. The molecule has 5 nitrogen and oxygen atoms in total. The van der Waals surface area contributed by atoms with E-state index in [1.165, 1.54) is 17.8 Å². The molecule has 1 rings (SSSR count). The van der Waals surface area contributed by atoms with E-state index < -0.39 is 6.03 Å². The summed E-state index contributed by atoms with van der Waals surface area (Å²) in [5.41, 5.74) is 0. The van der Waals surface area contributed by atoms with Crippen LogP contribution in [0.15, 0.2) is 41.8 Å². The lowest BCUT2D eigenvalue weighted by Crippen LogP contribution is -2.40. The molecule has 0 saturated carbocycles. The maximum atomic E-state index is 11.5. The number of imide groups is 1. The van der Waals surface area contributed by atoms with Gasteiger partial charge in [-0.2, -0.15) is 0 Å². The van der Waals surface area contributed by atoms with Crippen LogP contribution in [-0.4, -0.2) is 31.3 Å². The Morgan fingerprint density at radius 2 is 2.16 bits per heavy atom. The topological polar surface area (TPSA) is 67.4 Å². The van der Waals surface area contributed by atoms with E-state index in [-0.39, 0.29) is 11.7 Å². The third-order valence-corrected chi connectivity index (χ3v) is 3.14. The second kappa shape index (κ2) is 8.20. The third kappa shape index (κ3) is 5.48. The van der Waals surface area contributed by atoms with Gasteiger partial charge in [-0.05, 0) is 12.1 Å². The highest BCUT2D eigenvalue weighted by molar-refractivity contribution is 8.00. The van der Waals surface area contributed by atoms with Crippen molar-refractivity contribution in [2.24, 2.45) is 0 Å². The second-order valence-electron chi connectivity index (χ2n) is 3.49. The van der Waals surface area contributed by atoms with Gasteiger partial charge in [0.05, 0.1) is 12.9 Å². The number of hydrogen-bond donors (Lipinski definition) is 2. The van der Waals surface area contributed by atoms with E-state index in [0.717, 1.165) is 4.90 Å². The van der Waals surface area contributed by atoms with Crippen LogP contribution in [0.1, 0.15) is 0 Å². The lowest BCUT2D eigenvalue weighted by molar-refractivity contribution is -0.117. The van der Waals surface area contributed by atoms with E-state index in [1.807, 2.05) is 24.3 Å². The SMILES string of the molecule is C=CCNC(=O)NC(=O)CSc1ccccc1OC. The largest absolute Gasteiger partial charge is 0.496 e. The minimum atomic E-state index is -0.523. The van der Waals surface area contributed by atoms with Gasteiger partial charge >= 0.3 is 6.03 Å². The molecule has 102 valence electrons. The number of benzene rings is 1. The van der Waals surface area contributed by atoms with Gasteiger partial charge in [0.25, 0.3) is 0 Å². The fourth-order valence-corrected chi connectivity index (χ4v) is 2.08. The van der Waals surface area contributed by atoms with Crippen molar-refractivity contribution in [1.82, 2.24) is 10.6 Å². The summed E-state index contributed by atoms with van der Waals surface area (Å²) in [5.74, 6) is 0.482. The van der Waals surface area contributed by atoms with Gasteiger partial charge in [-0.3, -0.25) is 10.1 Å². The van der Waals surface area contributed by atoms with Gasteiger partial charge in [0.2, 0.25) is 5.91 Å². The van der Waals surface area contributed by atoms with Crippen molar-refractivity contribution in [3.63, 3.8) is 0 Å². The van der Waals surface area contributed by atoms with E-state index in [4.69, 9.17) is 4.74 Å². The zero-order valence-corrected chi connectivity index (χ0v) is 11.5. The average molecular weight is 280 g/mol. The first-order valence-electron chi connectivity index (χ1n) is 5.61. The van der Waals surface area contributed by atoms with Gasteiger partial charge in [0.1, 0.15) is 5.75 Å². The Bertz CT molecular complexity index is 463. The van der Waals surface area contributed by atoms with Crippen molar-refractivity contribution < 1.29 is 14.3 Å². The monoisotopic (exact) mass is 280 g/mol. The van der Waals surface area contributed by atoms with Crippen LogP contribution >= 0.6 is 11.8 Å². The molecule has 6 heteroatoms. The number of nitrogens with one attached hydrogen (secondary N) is 2. The first-order valence-corrected chi connectivity index (χ1v) is 6.60. The van der Waals surface area contributed by atoms with Crippen LogP contribution in [0, 0.1) is 0 Å². The highest BCUT2D eigenvalue weighted by Gasteiger charge is 2.09. The fourth-order valence-electron chi connectivity index (χ4n) is 1.25. The van der Waals surface area contributed by atoms with Gasteiger partial charge in [0, 0.05) is 11.4 Å². The Hall–Kier alpha value is -1.95. The molecule has 0 bridgehead atoms. The lowest BCUT2D eigenvalue weighted by atomic mass is 10.3. The van der Waals surface area contributed by atoms with Crippen LogP contribution in [0.2, 0.25) is 0 Å². The van der Waals surface area contributed by atoms with Gasteiger partial charge in [-0.1, -0.05) is 18.2 Å². The summed E-state index contributed by atoms with van der Waals surface area (Å²) in [5, 5.41) is 4.69. The van der Waals surface area contributed by atoms with Gasteiger partial charge in [-0.25, -0.2) is 4.79 Å². The van der Waals surface area contributed by atoms with Gasteiger partial charge < -0.3 is 10.1 Å². The molecular formula is C13H16N2O3S. The van der Waals surface area contributed by atoms with Gasteiger partial charge in [0.15, 0.2) is 0 Å². The molecule has 19 heavy (non-hydrogen) atoms. The number of methoxy groups -OCH3 is 1. The van der Waals surface area contributed by atoms with Crippen molar-refractivity contribution in [2.75, 3.05) is 19.4 Å². The van der Waals surface area contributed by atoms with Gasteiger partial charge in [-0.15, -0.1) is 18.3 Å². The highest BCUT2D eigenvalue weighted by Crippen LogP contribution is 2.28. The molecule has 0 unspecified atom stereocenters. The predicted molar refractivity (Wildman–Crippen MR) is 75.5 cm³/mol. The van der Waals surface area contributed by atoms with E-state index in [2.05, 4.69) is 17.2 Å². The first kappa shape index (κ1) is 15.1. The summed E-state index contributed by atoms with van der Waals surface area (Å²) in [6, 6.07) is 6.86. The average Bonchev–Trinajstić information content (AvgIpc) is 2.43. The van der Waals surface area contributed by atoms with E-state index in [1.54, 1.807) is 7.11 Å². The standard InChI is InChI=1S/C13H16N2O3S/c1-3-8-14-13(17)15-12(16)9-19-11-7-5-4-6-10(11)18-2/h3-7H,1,8-9H2,2H3,(H2,14,15,16,17). The van der Waals surface area contributed by atoms with Crippen LogP contribution < -0.4 is 15.4 Å². The molecule has 2 N–H and O–H groups in total. The molecule has 0 spiro atoms. The molecule has 0 atom stereocenters. The predicted octanol–water partition coefficient (Wildman–Crippen LogP) is 1.80. The number of rotatable bonds is 6. The van der Waals surface area contributed by atoms with Crippen molar-refractivity contribution in [3.8, 4) is 5.75 Å². The molecule has 0 fully saturated rings. The second-order valence-corrected chi connectivity index (χ2v) is 4.50. The maximum absolute atomic E-state index is 11.5. The Morgan fingerprint density at radius 1 is 1.42 bits per heavy atom. The van der Waals surface area contributed by atoms with Crippen LogP contribution in [0.4, 0.5) is 4.79 Å². The zero-order chi connectivity index (χ0) is 14.1. The smallest absolute Gasteiger partial charge is 0.321 e. The molecule has 0 aromatic heterocycles. The summed E-state index contributed by atoms with van der Waals surface area (Å²) >= 11 is 1.31. The molecule has 0 saturated heterocycles. The Labute approximate surface area is 116 Å². The number of ether oxygens (including phenoxy) is 1. The number of urea groups is 1. The quantitative estimate of drug-likeness (QED) is 0.616. The zero-order valence-electron chi connectivity index (χ0n) is 10.6. The highest BCUT2D eigenvalue weighted by atomic mass is 32.2. The van der Waals surface area contributed by atoms with Crippen molar-refractivity contribution in [2.45, 2.75) is 4.90 Å². The summed E-state index contributed by atoms with van der Waals surface area (Å²) in [6.45, 7) is 3.78. The molecule has 0 aliphatic rings. The number of carbonyl (C=O) groups is 2. The van der Waals surface area contributed by atoms with Crippen LogP contribution in [0.25, 0.3) is 0 Å². The molecule has 0 radical (unpaired) electrons. The maximum Gasteiger partial charge on any atom is 0.321 e. The molecule has 0 aliphatic carbocycles. The van der Waals surface area contributed by atoms with E-state index in [0.29, 0.717) is 12.3 Å². The number of carbonyl (C=O) groups excluding carboxylic acids is 2. The Balaban J connectivity index is 2.41. The van der Waals surface area contributed by atoms with Crippen LogP contribution in [0.3, 0.4) is 0 Å². The van der Waals surface area contributed by atoms with Crippen LogP contribution in [-0.2, 0) is 4.79 Å². The normalized spacial score (nSPS) is 9.53. The molecule has 1 aromatic rings. The molecule has 0 aliphatic heterocycles. The summed E-state index contributed by atoms with van der Waals surface area (Å²) in [7, 11) is 1.57. The number of para-hydroxylation sites is 1. The van der Waals surface area contributed by atoms with Crippen molar-refractivity contribution in [1.29, 1.82) is 0 Å². The number of amides is 3. The summed E-state index contributed by atoms with van der Waals surface area (Å²) in [4.78, 5) is 23.6. The Kier molecular flexibility index (Phi) is 6.52. The third-order valence-electron chi connectivity index (χ3n) is 2.09. The minimum absolute atomic E-state index is 0.141. The fraction of sp³-hybridized carbons (Fsp3) is 0.231. The summed E-state index contributed by atoms with van der Waals surface area (Å²) in [6.07, 6.45) is 1.54. The Morgan fingerprint density at radius 3 is 2.84 bits per heavy atom. The number of thioether (sulfide) groups is 1. The molecule has 1 aromatic carbocycles. The first-order chi connectivity index (χ1) is 9.17. The van der Waals surface area contributed by atoms with E-state index >= 15 is 0 Å². The van der Waals surface area contributed by atoms with E-state index in [9.17, 15) is 9.59 Å². The number of hydrogen-bond acceptors (Lipinski definition) is 4. The lowest BCUT2D eigenvalue weighted by Gasteiger charge is -2.07. The van der Waals surface area contributed by atoms with Crippen molar-refractivity contribution in [3.05, 3.63) is 36.9 Å². The summed E-state index contributed by atoms with van der Waals surface area (Å²) < 4.78 is 5.17. The minimum Gasteiger partial charge on any atom is -0.496 e. The molecule has 0 heterocycles. The molecule has 3 amide bonds.